The van der Waals surface area contributed by atoms with E-state index in [-0.39, 0.29) is 12.5 Å². The lowest BCUT2D eigenvalue weighted by Crippen LogP contribution is -2.26. The van der Waals surface area contributed by atoms with E-state index in [1.165, 1.54) is 6.08 Å². The molecular formula is C22H21N5O5. The second-order valence-corrected chi connectivity index (χ2v) is 6.52. The summed E-state index contributed by atoms with van der Waals surface area (Å²) in [6, 6.07) is 12.4. The molecule has 0 aliphatic heterocycles. The average molecular weight is 435 g/mol. The Labute approximate surface area is 183 Å². The van der Waals surface area contributed by atoms with E-state index in [2.05, 4.69) is 20.6 Å². The Hall–Kier alpha value is -4.34. The number of hydrogen-bond acceptors (Lipinski definition) is 8. The Balaban J connectivity index is 1.40. The Kier molecular flexibility index (Phi) is 6.30. The predicted molar refractivity (Wildman–Crippen MR) is 116 cm³/mol. The summed E-state index contributed by atoms with van der Waals surface area (Å²) >= 11 is 0. The van der Waals surface area contributed by atoms with E-state index < -0.39 is 0 Å². The van der Waals surface area contributed by atoms with Crippen LogP contribution in [0.4, 0.5) is 0 Å². The Morgan fingerprint density at radius 3 is 2.78 bits per heavy atom. The zero-order valence-electron chi connectivity index (χ0n) is 17.5. The highest BCUT2D eigenvalue weighted by atomic mass is 16.5. The highest BCUT2D eigenvalue weighted by Crippen LogP contribution is 2.31. The monoisotopic (exact) mass is 435 g/mol. The van der Waals surface area contributed by atoms with Gasteiger partial charge in [0.1, 0.15) is 12.4 Å². The minimum Gasteiger partial charge on any atom is -0.493 e. The first-order valence-corrected chi connectivity index (χ1v) is 9.75. The highest BCUT2D eigenvalue weighted by molar-refractivity contribution is 5.91. The number of benzene rings is 1. The van der Waals surface area contributed by atoms with Crippen LogP contribution in [0.1, 0.15) is 5.76 Å². The van der Waals surface area contributed by atoms with Crippen LogP contribution in [0.2, 0.25) is 0 Å². The summed E-state index contributed by atoms with van der Waals surface area (Å²) in [5, 5.41) is 15.6. The van der Waals surface area contributed by atoms with Crippen LogP contribution in [-0.4, -0.2) is 53.1 Å². The minimum atomic E-state index is -0.247. The topological polar surface area (TPSA) is 113 Å². The van der Waals surface area contributed by atoms with Crippen LogP contribution in [0.15, 0.2) is 59.2 Å². The zero-order valence-corrected chi connectivity index (χ0v) is 17.5. The van der Waals surface area contributed by atoms with E-state index in [0.29, 0.717) is 41.2 Å². The van der Waals surface area contributed by atoms with Crippen molar-refractivity contribution in [1.82, 2.24) is 25.1 Å². The number of aromatic nitrogens is 4. The maximum atomic E-state index is 11.8. The summed E-state index contributed by atoms with van der Waals surface area (Å²) in [6.07, 6.45) is 4.53. The number of furan rings is 1. The first kappa shape index (κ1) is 20.9. The number of nitrogens with one attached hydrogen (secondary N) is 1. The predicted octanol–water partition coefficient (Wildman–Crippen LogP) is 2.61. The van der Waals surface area contributed by atoms with Crippen molar-refractivity contribution >= 4 is 17.6 Å². The molecule has 32 heavy (non-hydrogen) atoms. The summed E-state index contributed by atoms with van der Waals surface area (Å²) in [4.78, 5) is 11.8. The molecule has 1 amide bonds. The van der Waals surface area contributed by atoms with Gasteiger partial charge in [0.15, 0.2) is 23.0 Å². The van der Waals surface area contributed by atoms with Gasteiger partial charge in [-0.05, 0) is 42.5 Å². The summed E-state index contributed by atoms with van der Waals surface area (Å²) in [5.41, 5.74) is 1.33. The molecule has 3 heterocycles. The average Bonchev–Trinajstić information content (AvgIpc) is 3.49. The van der Waals surface area contributed by atoms with Gasteiger partial charge in [-0.3, -0.25) is 4.79 Å². The lowest BCUT2D eigenvalue weighted by Gasteiger charge is -2.09. The van der Waals surface area contributed by atoms with Gasteiger partial charge in [0, 0.05) is 17.7 Å². The Bertz CT molecular complexity index is 1230. The molecule has 1 aromatic carbocycles. The lowest BCUT2D eigenvalue weighted by atomic mass is 10.2. The van der Waals surface area contributed by atoms with Crippen molar-refractivity contribution in [2.45, 2.75) is 0 Å². The van der Waals surface area contributed by atoms with E-state index in [0.717, 1.165) is 5.56 Å². The van der Waals surface area contributed by atoms with Crippen molar-refractivity contribution < 1.29 is 23.4 Å². The molecule has 0 spiro atoms. The highest BCUT2D eigenvalue weighted by Gasteiger charge is 2.13. The molecular weight excluding hydrogens is 414 g/mol. The number of rotatable bonds is 9. The third-order valence-electron chi connectivity index (χ3n) is 4.47. The molecule has 4 rings (SSSR count). The standard InChI is InChI=1S/C22H21N5O5/c1-29-17-7-5-15(14-18(17)30-2)22-25-24-19-8-10-21(26-27(19)22)32-13-11-23-20(28)9-6-16-4-3-12-31-16/h3-10,12,14H,11,13H2,1-2H3,(H,23,28)/b9-6+. The molecule has 10 nitrogen and oxygen atoms in total. The van der Waals surface area contributed by atoms with Crippen LogP contribution in [0.3, 0.4) is 0 Å². The van der Waals surface area contributed by atoms with Gasteiger partial charge in [0.25, 0.3) is 0 Å². The van der Waals surface area contributed by atoms with E-state index in [9.17, 15) is 4.79 Å². The molecule has 3 aromatic heterocycles. The number of methoxy groups -OCH3 is 2. The molecule has 164 valence electrons. The molecule has 0 aliphatic rings. The van der Waals surface area contributed by atoms with Crippen LogP contribution in [0.25, 0.3) is 23.1 Å². The molecule has 0 unspecified atom stereocenters. The number of carbonyl (C=O) groups excluding carboxylic acids is 1. The maximum absolute atomic E-state index is 11.8. The van der Waals surface area contributed by atoms with E-state index in [1.807, 2.05) is 6.07 Å². The quantitative estimate of drug-likeness (QED) is 0.315. The number of ether oxygens (including phenoxy) is 3. The molecule has 0 fully saturated rings. The van der Waals surface area contributed by atoms with Crippen LogP contribution < -0.4 is 19.5 Å². The Morgan fingerprint density at radius 2 is 2.00 bits per heavy atom. The summed E-state index contributed by atoms with van der Waals surface area (Å²) < 4.78 is 23.0. The second-order valence-electron chi connectivity index (χ2n) is 6.52. The number of nitrogens with zero attached hydrogens (tertiary/aromatic N) is 4. The molecule has 1 N–H and O–H groups in total. The van der Waals surface area contributed by atoms with Gasteiger partial charge in [-0.1, -0.05) is 0 Å². The number of carbonyl (C=O) groups is 1. The van der Waals surface area contributed by atoms with Crippen LogP contribution >= 0.6 is 0 Å². The Morgan fingerprint density at radius 1 is 1.12 bits per heavy atom. The SMILES string of the molecule is COc1ccc(-c2nnc3ccc(OCCNC(=O)/C=C/c4ccco4)nn23)cc1OC. The second kappa shape index (κ2) is 9.65. The summed E-state index contributed by atoms with van der Waals surface area (Å²) in [7, 11) is 3.15. The van der Waals surface area contributed by atoms with E-state index in [1.54, 1.807) is 67.5 Å². The molecule has 0 atom stereocenters. The van der Waals surface area contributed by atoms with E-state index >= 15 is 0 Å². The third kappa shape index (κ3) is 4.69. The molecule has 0 bridgehead atoms. The third-order valence-corrected chi connectivity index (χ3v) is 4.47. The summed E-state index contributed by atoms with van der Waals surface area (Å²) in [6.45, 7) is 0.554. The van der Waals surface area contributed by atoms with Crippen molar-refractivity contribution in [1.29, 1.82) is 0 Å². The molecule has 0 radical (unpaired) electrons. The number of hydrogen-bond donors (Lipinski definition) is 1. The smallest absolute Gasteiger partial charge is 0.244 e. The largest absolute Gasteiger partial charge is 0.493 e. The number of fused-ring (bicyclic) bond motifs is 1. The van der Waals surface area contributed by atoms with Crippen molar-refractivity contribution in [3.8, 4) is 28.8 Å². The molecule has 10 heteroatoms. The van der Waals surface area contributed by atoms with Crippen LogP contribution in [0, 0.1) is 0 Å². The van der Waals surface area contributed by atoms with Gasteiger partial charge in [0.2, 0.25) is 11.8 Å². The maximum Gasteiger partial charge on any atom is 0.244 e. The zero-order chi connectivity index (χ0) is 22.3. The summed E-state index contributed by atoms with van der Waals surface area (Å²) in [5.74, 6) is 2.45. The van der Waals surface area contributed by atoms with Crippen molar-refractivity contribution in [3.63, 3.8) is 0 Å². The van der Waals surface area contributed by atoms with Gasteiger partial charge in [-0.2, -0.15) is 4.52 Å². The number of amides is 1. The van der Waals surface area contributed by atoms with Gasteiger partial charge < -0.3 is 23.9 Å². The fourth-order valence-corrected chi connectivity index (χ4v) is 2.94. The van der Waals surface area contributed by atoms with Gasteiger partial charge >= 0.3 is 0 Å². The van der Waals surface area contributed by atoms with Crippen LogP contribution in [0.5, 0.6) is 17.4 Å². The van der Waals surface area contributed by atoms with Crippen LogP contribution in [-0.2, 0) is 4.79 Å². The molecule has 0 saturated heterocycles. The van der Waals surface area contributed by atoms with Crippen molar-refractivity contribution in [3.05, 3.63) is 60.6 Å². The van der Waals surface area contributed by atoms with Gasteiger partial charge in [0.05, 0.1) is 27.0 Å². The fourth-order valence-electron chi connectivity index (χ4n) is 2.94. The van der Waals surface area contributed by atoms with Crippen molar-refractivity contribution in [2.24, 2.45) is 0 Å². The van der Waals surface area contributed by atoms with Gasteiger partial charge in [-0.15, -0.1) is 15.3 Å². The molecule has 0 aliphatic carbocycles. The molecule has 0 saturated carbocycles. The fraction of sp³-hybridized carbons (Fsp3) is 0.182. The normalized spacial score (nSPS) is 11.1. The molecule has 4 aromatic rings. The van der Waals surface area contributed by atoms with Gasteiger partial charge in [-0.25, -0.2) is 0 Å². The first-order chi connectivity index (χ1) is 15.7. The van der Waals surface area contributed by atoms with E-state index in [4.69, 9.17) is 18.6 Å². The first-order valence-electron chi connectivity index (χ1n) is 9.75. The lowest BCUT2D eigenvalue weighted by molar-refractivity contribution is -0.116. The van der Waals surface area contributed by atoms with Crippen molar-refractivity contribution in [2.75, 3.05) is 27.4 Å². The minimum absolute atomic E-state index is 0.243.